The van der Waals surface area contributed by atoms with Gasteiger partial charge in [-0.3, -0.25) is 0 Å². The molecule has 122 valence electrons. The standard InChI is InChI=1S/C15H12Cl2N6O/c16-11-3-2-9(6-12(11)17)23(22-24)7-8-1-4-13-10(5-8)14(18)21-15(19)20-13/h1-6H,7H2,(H4,18,19,20,21). The van der Waals surface area contributed by atoms with E-state index < -0.39 is 0 Å². The van der Waals surface area contributed by atoms with Gasteiger partial charge in [0.2, 0.25) is 5.95 Å². The highest BCUT2D eigenvalue weighted by molar-refractivity contribution is 6.42. The van der Waals surface area contributed by atoms with Gasteiger partial charge in [-0.25, -0.2) is 9.99 Å². The first-order chi connectivity index (χ1) is 11.5. The van der Waals surface area contributed by atoms with Gasteiger partial charge in [-0.15, -0.1) is 4.91 Å². The molecule has 3 rings (SSSR count). The second-order valence-electron chi connectivity index (χ2n) is 5.06. The van der Waals surface area contributed by atoms with Gasteiger partial charge in [-0.05, 0) is 35.9 Å². The summed E-state index contributed by atoms with van der Waals surface area (Å²) in [5.74, 6) is 0.388. The first kappa shape index (κ1) is 16.2. The van der Waals surface area contributed by atoms with Gasteiger partial charge >= 0.3 is 0 Å². The number of hydrogen-bond donors (Lipinski definition) is 2. The number of nitrogens with two attached hydrogens (primary N) is 2. The average molecular weight is 363 g/mol. The molecular formula is C15H12Cl2N6O. The molecule has 0 bridgehead atoms. The van der Waals surface area contributed by atoms with Crippen LogP contribution in [-0.2, 0) is 6.54 Å². The summed E-state index contributed by atoms with van der Waals surface area (Å²) in [5, 5.41) is 5.70. The zero-order chi connectivity index (χ0) is 17.3. The van der Waals surface area contributed by atoms with Crippen LogP contribution < -0.4 is 16.5 Å². The third kappa shape index (κ3) is 3.17. The van der Waals surface area contributed by atoms with Crippen molar-refractivity contribution >= 4 is 51.6 Å². The van der Waals surface area contributed by atoms with E-state index in [1.54, 1.807) is 30.3 Å². The van der Waals surface area contributed by atoms with Gasteiger partial charge in [-0.1, -0.05) is 29.3 Å². The van der Waals surface area contributed by atoms with Crippen molar-refractivity contribution in [1.82, 2.24) is 9.97 Å². The number of halogens is 2. The molecule has 0 aliphatic heterocycles. The van der Waals surface area contributed by atoms with E-state index in [-0.39, 0.29) is 18.3 Å². The van der Waals surface area contributed by atoms with Crippen LogP contribution in [0.2, 0.25) is 10.0 Å². The molecule has 0 aliphatic rings. The van der Waals surface area contributed by atoms with E-state index in [0.29, 0.717) is 26.6 Å². The molecule has 1 aromatic heterocycles. The van der Waals surface area contributed by atoms with E-state index in [1.807, 2.05) is 6.07 Å². The van der Waals surface area contributed by atoms with Gasteiger partial charge in [-0.2, -0.15) is 4.98 Å². The predicted molar refractivity (Wildman–Crippen MR) is 96.8 cm³/mol. The zero-order valence-electron chi connectivity index (χ0n) is 12.3. The molecule has 9 heteroatoms. The highest BCUT2D eigenvalue weighted by atomic mass is 35.5. The van der Waals surface area contributed by atoms with Crippen molar-refractivity contribution in [3.05, 3.63) is 56.9 Å². The fourth-order valence-corrected chi connectivity index (χ4v) is 2.59. The Kier molecular flexibility index (Phi) is 4.37. The van der Waals surface area contributed by atoms with Gasteiger partial charge in [0.25, 0.3) is 0 Å². The summed E-state index contributed by atoms with van der Waals surface area (Å²) >= 11 is 11.9. The summed E-state index contributed by atoms with van der Waals surface area (Å²) in [4.78, 5) is 19.3. The number of aromatic nitrogens is 2. The summed E-state index contributed by atoms with van der Waals surface area (Å²) in [6.45, 7) is 0.223. The van der Waals surface area contributed by atoms with Crippen molar-refractivity contribution in [3.63, 3.8) is 0 Å². The van der Waals surface area contributed by atoms with Gasteiger partial charge in [0.05, 0.1) is 33.1 Å². The molecule has 0 saturated heterocycles. The topological polar surface area (TPSA) is 110 Å². The Balaban J connectivity index is 1.94. The van der Waals surface area contributed by atoms with Crippen LogP contribution in [0.3, 0.4) is 0 Å². The van der Waals surface area contributed by atoms with Crippen molar-refractivity contribution in [2.24, 2.45) is 5.29 Å². The molecule has 4 N–H and O–H groups in total. The quantitative estimate of drug-likeness (QED) is 0.539. The summed E-state index contributed by atoms with van der Waals surface area (Å²) < 4.78 is 0. The molecule has 0 atom stereocenters. The molecule has 0 radical (unpaired) electrons. The number of hydrogen-bond acceptors (Lipinski definition) is 6. The normalized spacial score (nSPS) is 10.8. The lowest BCUT2D eigenvalue weighted by Crippen LogP contribution is -2.14. The van der Waals surface area contributed by atoms with E-state index in [4.69, 9.17) is 34.7 Å². The lowest BCUT2D eigenvalue weighted by atomic mass is 10.1. The fraction of sp³-hybridized carbons (Fsp3) is 0.0667. The second kappa shape index (κ2) is 6.46. The second-order valence-corrected chi connectivity index (χ2v) is 5.87. The van der Waals surface area contributed by atoms with E-state index in [1.165, 1.54) is 5.01 Å². The molecular weight excluding hydrogens is 351 g/mol. The van der Waals surface area contributed by atoms with Crippen molar-refractivity contribution in [3.8, 4) is 0 Å². The molecule has 24 heavy (non-hydrogen) atoms. The van der Waals surface area contributed by atoms with E-state index >= 15 is 0 Å². The van der Waals surface area contributed by atoms with Gasteiger partial charge in [0.1, 0.15) is 5.82 Å². The van der Waals surface area contributed by atoms with Gasteiger partial charge in [0, 0.05) is 5.39 Å². The number of nitrogens with zero attached hydrogens (tertiary/aromatic N) is 4. The average Bonchev–Trinajstić information content (AvgIpc) is 2.55. The first-order valence-corrected chi connectivity index (χ1v) is 7.61. The predicted octanol–water partition coefficient (Wildman–Crippen LogP) is 3.79. The zero-order valence-corrected chi connectivity index (χ0v) is 13.8. The number of benzene rings is 2. The molecule has 0 fully saturated rings. The third-order valence-corrected chi connectivity index (χ3v) is 4.18. The van der Waals surface area contributed by atoms with Crippen LogP contribution in [0.5, 0.6) is 0 Å². The minimum atomic E-state index is 0.111. The Bertz CT molecular complexity index is 933. The van der Waals surface area contributed by atoms with Gasteiger partial charge in [0.15, 0.2) is 0 Å². The minimum absolute atomic E-state index is 0.111. The van der Waals surface area contributed by atoms with E-state index in [9.17, 15) is 4.91 Å². The number of anilines is 3. The Labute approximate surface area is 147 Å². The molecule has 0 spiro atoms. The maximum atomic E-state index is 11.2. The molecule has 7 nitrogen and oxygen atoms in total. The van der Waals surface area contributed by atoms with Crippen molar-refractivity contribution < 1.29 is 0 Å². The number of rotatable bonds is 4. The molecule has 0 saturated carbocycles. The Morgan fingerprint density at radius 3 is 2.54 bits per heavy atom. The van der Waals surface area contributed by atoms with Crippen LogP contribution in [0.15, 0.2) is 41.7 Å². The Morgan fingerprint density at radius 1 is 1.04 bits per heavy atom. The molecule has 0 aliphatic carbocycles. The van der Waals surface area contributed by atoms with Crippen LogP contribution in [0.1, 0.15) is 5.56 Å². The highest BCUT2D eigenvalue weighted by Crippen LogP contribution is 2.29. The monoisotopic (exact) mass is 362 g/mol. The minimum Gasteiger partial charge on any atom is -0.383 e. The largest absolute Gasteiger partial charge is 0.383 e. The maximum Gasteiger partial charge on any atom is 0.222 e. The summed E-state index contributed by atoms with van der Waals surface area (Å²) in [6, 6.07) is 10.2. The molecule has 1 heterocycles. The van der Waals surface area contributed by atoms with Crippen LogP contribution in [-0.4, -0.2) is 9.97 Å². The SMILES string of the molecule is Nc1nc(N)c2cc(CN(N=O)c3ccc(Cl)c(Cl)c3)ccc2n1. The summed E-state index contributed by atoms with van der Waals surface area (Å²) in [7, 11) is 0. The molecule has 0 unspecified atom stereocenters. The summed E-state index contributed by atoms with van der Waals surface area (Å²) in [5.41, 5.74) is 13.4. The first-order valence-electron chi connectivity index (χ1n) is 6.85. The van der Waals surface area contributed by atoms with Crippen LogP contribution in [0.4, 0.5) is 17.5 Å². The van der Waals surface area contributed by atoms with Crippen LogP contribution in [0.25, 0.3) is 10.9 Å². The number of fused-ring (bicyclic) bond motifs is 1. The van der Waals surface area contributed by atoms with E-state index in [2.05, 4.69) is 15.3 Å². The van der Waals surface area contributed by atoms with Crippen molar-refractivity contribution in [2.45, 2.75) is 6.54 Å². The Hall–Kier alpha value is -2.64. The fourth-order valence-electron chi connectivity index (χ4n) is 2.30. The van der Waals surface area contributed by atoms with Crippen LogP contribution >= 0.6 is 23.2 Å². The third-order valence-electron chi connectivity index (χ3n) is 3.44. The maximum absolute atomic E-state index is 11.2. The molecule has 3 aromatic rings. The van der Waals surface area contributed by atoms with Gasteiger partial charge < -0.3 is 11.5 Å². The van der Waals surface area contributed by atoms with Crippen LogP contribution in [0, 0.1) is 4.91 Å². The highest BCUT2D eigenvalue weighted by Gasteiger charge is 2.11. The molecule has 2 aromatic carbocycles. The lowest BCUT2D eigenvalue weighted by molar-refractivity contribution is 0.848. The lowest BCUT2D eigenvalue weighted by Gasteiger charge is -2.16. The number of nitroso groups, excluding NO2 is 1. The molecule has 0 amide bonds. The summed E-state index contributed by atoms with van der Waals surface area (Å²) in [6.07, 6.45) is 0. The van der Waals surface area contributed by atoms with Crippen molar-refractivity contribution in [2.75, 3.05) is 16.5 Å². The number of nitrogen functional groups attached to an aromatic ring is 2. The van der Waals surface area contributed by atoms with Crippen molar-refractivity contribution in [1.29, 1.82) is 0 Å². The smallest absolute Gasteiger partial charge is 0.222 e. The van der Waals surface area contributed by atoms with E-state index in [0.717, 1.165) is 5.56 Å². The Morgan fingerprint density at radius 2 is 1.83 bits per heavy atom.